The van der Waals surface area contributed by atoms with Crippen molar-refractivity contribution in [3.05, 3.63) is 95.1 Å². The summed E-state index contributed by atoms with van der Waals surface area (Å²) in [6, 6.07) is 24.4. The molecule has 4 aromatic rings. The fourth-order valence-electron chi connectivity index (χ4n) is 3.99. The first-order valence-corrected chi connectivity index (χ1v) is 10.9. The lowest BCUT2D eigenvalue weighted by atomic mass is 9.90. The van der Waals surface area contributed by atoms with Crippen molar-refractivity contribution in [3.63, 3.8) is 0 Å². The number of thiazole rings is 1. The number of amides is 1. The Kier molecular flexibility index (Phi) is 4.86. The first-order chi connectivity index (χ1) is 14.3. The van der Waals surface area contributed by atoms with Crippen molar-refractivity contribution in [2.45, 2.75) is 32.2 Å². The van der Waals surface area contributed by atoms with Gasteiger partial charge in [0, 0.05) is 5.56 Å². The molecule has 0 unspecified atom stereocenters. The third-order valence-corrected chi connectivity index (χ3v) is 6.60. The number of anilines is 1. The number of aryl methyl sites for hydroxylation is 2. The summed E-state index contributed by atoms with van der Waals surface area (Å²) in [5, 5.41) is 0.748. The number of benzene rings is 3. The second-order valence-electron chi connectivity index (χ2n) is 7.53. The van der Waals surface area contributed by atoms with Gasteiger partial charge >= 0.3 is 0 Å². The second-order valence-corrected chi connectivity index (χ2v) is 8.54. The Hall–Kier alpha value is -2.98. The summed E-state index contributed by atoms with van der Waals surface area (Å²) in [6.07, 6.45) is 4.63. The van der Waals surface area contributed by atoms with E-state index in [1.807, 2.05) is 47.4 Å². The maximum atomic E-state index is 13.6. The predicted octanol–water partition coefficient (Wildman–Crippen LogP) is 6.02. The summed E-state index contributed by atoms with van der Waals surface area (Å²) in [6.45, 7) is 0.510. The van der Waals surface area contributed by atoms with E-state index < -0.39 is 0 Å². The number of aromatic nitrogens is 1. The fraction of sp³-hybridized carbons (Fsp3) is 0.200. The van der Waals surface area contributed by atoms with Gasteiger partial charge in [0.05, 0.1) is 16.8 Å². The van der Waals surface area contributed by atoms with Crippen LogP contribution in [0.3, 0.4) is 0 Å². The zero-order valence-corrected chi connectivity index (χ0v) is 17.0. The van der Waals surface area contributed by atoms with E-state index in [0.717, 1.165) is 39.3 Å². The van der Waals surface area contributed by atoms with Gasteiger partial charge in [-0.3, -0.25) is 9.69 Å². The third-order valence-electron chi connectivity index (χ3n) is 5.54. The molecule has 0 saturated heterocycles. The van der Waals surface area contributed by atoms with Gasteiger partial charge in [-0.15, -0.1) is 0 Å². The molecule has 5 rings (SSSR count). The van der Waals surface area contributed by atoms with Gasteiger partial charge in [-0.25, -0.2) is 4.98 Å². The highest BCUT2D eigenvalue weighted by Gasteiger charge is 2.23. The molecule has 0 spiro atoms. The highest BCUT2D eigenvalue weighted by atomic mass is 32.1. The highest BCUT2D eigenvalue weighted by Crippen LogP contribution is 2.31. The lowest BCUT2D eigenvalue weighted by molar-refractivity contribution is 0.0985. The van der Waals surface area contributed by atoms with Crippen molar-refractivity contribution in [1.29, 1.82) is 0 Å². The molecule has 0 saturated carbocycles. The molecule has 0 radical (unpaired) electrons. The van der Waals surface area contributed by atoms with Gasteiger partial charge in [0.1, 0.15) is 0 Å². The van der Waals surface area contributed by atoms with Crippen molar-refractivity contribution < 1.29 is 4.79 Å². The Bertz CT molecular complexity index is 1130. The lowest BCUT2D eigenvalue weighted by Crippen LogP contribution is -2.30. The third kappa shape index (κ3) is 3.68. The Labute approximate surface area is 174 Å². The summed E-state index contributed by atoms with van der Waals surface area (Å²) >= 11 is 1.57. The zero-order chi connectivity index (χ0) is 19.6. The van der Waals surface area contributed by atoms with Crippen molar-refractivity contribution in [2.24, 2.45) is 0 Å². The maximum Gasteiger partial charge on any atom is 0.260 e. The molecule has 144 valence electrons. The van der Waals surface area contributed by atoms with Gasteiger partial charge in [-0.05, 0) is 66.6 Å². The second kappa shape index (κ2) is 7.80. The van der Waals surface area contributed by atoms with E-state index in [9.17, 15) is 4.79 Å². The Balaban J connectivity index is 1.54. The van der Waals surface area contributed by atoms with E-state index >= 15 is 0 Å². The van der Waals surface area contributed by atoms with Crippen molar-refractivity contribution in [3.8, 4) is 0 Å². The largest absolute Gasteiger partial charge is 0.279 e. The van der Waals surface area contributed by atoms with Crippen LogP contribution in [0.25, 0.3) is 10.2 Å². The van der Waals surface area contributed by atoms with Crippen molar-refractivity contribution in [2.75, 3.05) is 4.90 Å². The smallest absolute Gasteiger partial charge is 0.260 e. The Morgan fingerprint density at radius 3 is 2.48 bits per heavy atom. The van der Waals surface area contributed by atoms with E-state index in [0.29, 0.717) is 6.54 Å². The monoisotopic (exact) mass is 398 g/mol. The fourth-order valence-corrected chi connectivity index (χ4v) is 4.95. The topological polar surface area (TPSA) is 33.2 Å². The van der Waals surface area contributed by atoms with E-state index in [1.165, 1.54) is 24.0 Å². The number of nitrogens with zero attached hydrogens (tertiary/aromatic N) is 2. The Morgan fingerprint density at radius 1 is 0.897 bits per heavy atom. The van der Waals surface area contributed by atoms with Gasteiger partial charge in [0.2, 0.25) is 0 Å². The number of hydrogen-bond acceptors (Lipinski definition) is 3. The SMILES string of the molecule is O=C(c1ccc2c(c1)CCCC2)N(Cc1ccccc1)c1nc2ccccc2s1. The molecule has 3 aromatic carbocycles. The van der Waals surface area contributed by atoms with Crippen LogP contribution in [0, 0.1) is 0 Å². The Morgan fingerprint density at radius 2 is 1.66 bits per heavy atom. The molecule has 0 bridgehead atoms. The molecule has 29 heavy (non-hydrogen) atoms. The molecular formula is C25H22N2OS. The van der Waals surface area contributed by atoms with Gasteiger partial charge in [0.25, 0.3) is 5.91 Å². The van der Waals surface area contributed by atoms with E-state index in [-0.39, 0.29) is 5.91 Å². The van der Waals surface area contributed by atoms with E-state index in [4.69, 9.17) is 4.98 Å². The summed E-state index contributed by atoms with van der Waals surface area (Å²) in [5.74, 6) is 0.0151. The van der Waals surface area contributed by atoms with Crippen LogP contribution in [0.2, 0.25) is 0 Å². The molecule has 1 heterocycles. The summed E-state index contributed by atoms with van der Waals surface area (Å²) < 4.78 is 1.10. The maximum absolute atomic E-state index is 13.6. The molecule has 1 amide bonds. The molecule has 0 atom stereocenters. The van der Waals surface area contributed by atoms with Crippen molar-refractivity contribution in [1.82, 2.24) is 4.98 Å². The van der Waals surface area contributed by atoms with E-state index in [2.05, 4.69) is 30.3 Å². The molecular weight excluding hydrogens is 376 g/mol. The number of para-hydroxylation sites is 1. The van der Waals surface area contributed by atoms with Crippen LogP contribution in [0.15, 0.2) is 72.8 Å². The molecule has 0 N–H and O–H groups in total. The first kappa shape index (κ1) is 18.1. The molecule has 1 aliphatic rings. The average molecular weight is 399 g/mol. The van der Waals surface area contributed by atoms with Gasteiger partial charge < -0.3 is 0 Å². The summed E-state index contributed by atoms with van der Waals surface area (Å²) in [4.78, 5) is 20.2. The van der Waals surface area contributed by atoms with Gasteiger partial charge in [-0.2, -0.15) is 0 Å². The van der Waals surface area contributed by atoms with Crippen LogP contribution in [0.5, 0.6) is 0 Å². The van der Waals surface area contributed by atoms with Crippen LogP contribution in [0.4, 0.5) is 5.13 Å². The highest BCUT2D eigenvalue weighted by molar-refractivity contribution is 7.22. The minimum atomic E-state index is 0.0151. The summed E-state index contributed by atoms with van der Waals surface area (Å²) in [5.41, 5.74) is 5.50. The number of hydrogen-bond donors (Lipinski definition) is 0. The van der Waals surface area contributed by atoms with Crippen molar-refractivity contribution >= 4 is 32.6 Å². The number of carbonyl (C=O) groups excluding carboxylic acids is 1. The average Bonchev–Trinajstić information content (AvgIpc) is 3.21. The molecule has 0 fully saturated rings. The van der Waals surface area contributed by atoms with Crippen LogP contribution < -0.4 is 4.90 Å². The zero-order valence-electron chi connectivity index (χ0n) is 16.2. The molecule has 1 aromatic heterocycles. The van der Waals surface area contributed by atoms with Crippen LogP contribution in [-0.4, -0.2) is 10.9 Å². The number of fused-ring (bicyclic) bond motifs is 2. The lowest BCUT2D eigenvalue weighted by Gasteiger charge is -2.22. The molecule has 4 heteroatoms. The predicted molar refractivity (Wildman–Crippen MR) is 120 cm³/mol. The van der Waals surface area contributed by atoms with Gasteiger partial charge in [0.15, 0.2) is 5.13 Å². The van der Waals surface area contributed by atoms with Crippen LogP contribution >= 0.6 is 11.3 Å². The summed E-state index contributed by atoms with van der Waals surface area (Å²) in [7, 11) is 0. The van der Waals surface area contributed by atoms with Crippen LogP contribution in [-0.2, 0) is 19.4 Å². The first-order valence-electron chi connectivity index (χ1n) is 10.1. The number of carbonyl (C=O) groups is 1. The number of rotatable bonds is 4. The standard InChI is InChI=1S/C25H22N2OS/c28-24(21-15-14-19-10-4-5-11-20(19)16-21)27(17-18-8-2-1-3-9-18)25-26-22-12-6-7-13-23(22)29-25/h1-3,6-9,12-16H,4-5,10-11,17H2. The van der Waals surface area contributed by atoms with Gasteiger partial charge in [-0.1, -0.05) is 59.9 Å². The van der Waals surface area contributed by atoms with Crippen LogP contribution in [0.1, 0.15) is 39.9 Å². The molecule has 0 aliphatic heterocycles. The minimum Gasteiger partial charge on any atom is -0.279 e. The molecule has 3 nitrogen and oxygen atoms in total. The van der Waals surface area contributed by atoms with E-state index in [1.54, 1.807) is 11.3 Å². The quantitative estimate of drug-likeness (QED) is 0.421. The minimum absolute atomic E-state index is 0.0151. The molecule has 1 aliphatic carbocycles. The normalized spacial score (nSPS) is 13.2.